The lowest BCUT2D eigenvalue weighted by Gasteiger charge is -2.43. The molecule has 1 N–H and O–H groups in total. The van der Waals surface area contributed by atoms with Gasteiger partial charge in [-0.05, 0) is 66.5 Å². The third-order valence-electron chi connectivity index (χ3n) is 8.33. The minimum absolute atomic E-state index is 0.0325. The highest BCUT2D eigenvalue weighted by molar-refractivity contribution is 8.00. The van der Waals surface area contributed by atoms with E-state index in [0.717, 1.165) is 16.3 Å². The third-order valence-corrected chi connectivity index (χ3v) is 10.9. The SMILES string of the molecule is Cc1ccccc1[C@@H]1c2sc(=O)[nH]c2S[C@@H]2[C@H]3C[C@@H]([C@@H]4C(=O)N(c5ccc(F)cc5)C(=O)[C@H]34)[C@@H]12. The quantitative estimate of drug-likeness (QED) is 0.533. The summed E-state index contributed by atoms with van der Waals surface area (Å²) in [6, 6.07) is 13.9. The van der Waals surface area contributed by atoms with E-state index < -0.39 is 5.82 Å². The minimum atomic E-state index is -0.397. The number of H-pyrrole nitrogens is 1. The number of nitrogens with one attached hydrogen (secondary N) is 1. The number of aromatic nitrogens is 1. The fourth-order valence-electron chi connectivity index (χ4n) is 7.15. The van der Waals surface area contributed by atoms with Crippen LogP contribution in [0.5, 0.6) is 0 Å². The molecule has 5 nitrogen and oxygen atoms in total. The molecule has 2 amide bonds. The zero-order valence-corrected chi connectivity index (χ0v) is 19.9. The number of aryl methyl sites for hydroxylation is 1. The smallest absolute Gasteiger partial charge is 0.305 e. The molecule has 0 unspecified atom stereocenters. The lowest BCUT2D eigenvalue weighted by Crippen LogP contribution is -2.42. The maximum atomic E-state index is 13.7. The maximum absolute atomic E-state index is 13.7. The highest BCUT2D eigenvalue weighted by Crippen LogP contribution is 2.68. The first-order valence-corrected chi connectivity index (χ1v) is 13.2. The van der Waals surface area contributed by atoms with Gasteiger partial charge in [-0.1, -0.05) is 35.6 Å². The molecule has 2 aromatic carbocycles. The Hall–Kier alpha value is -2.71. The number of fused-ring (bicyclic) bond motifs is 9. The molecular formula is C26H21FN2O3S2. The van der Waals surface area contributed by atoms with E-state index in [9.17, 15) is 18.8 Å². The van der Waals surface area contributed by atoms with Crippen LogP contribution in [0, 0.1) is 42.3 Å². The zero-order valence-electron chi connectivity index (χ0n) is 18.2. The van der Waals surface area contributed by atoms with Gasteiger partial charge in [0.1, 0.15) is 5.82 Å². The lowest BCUT2D eigenvalue weighted by atomic mass is 9.67. The number of anilines is 1. The van der Waals surface area contributed by atoms with E-state index >= 15 is 0 Å². The molecule has 7 atom stereocenters. The Balaban J connectivity index is 1.34. The number of rotatable bonds is 2. The van der Waals surface area contributed by atoms with Crippen molar-refractivity contribution in [2.75, 3.05) is 4.90 Å². The van der Waals surface area contributed by atoms with E-state index in [1.165, 1.54) is 51.6 Å². The number of carbonyl (C=O) groups excluding carboxylic acids is 2. The van der Waals surface area contributed by atoms with E-state index in [1.54, 1.807) is 11.8 Å². The van der Waals surface area contributed by atoms with E-state index in [2.05, 4.69) is 24.0 Å². The molecule has 1 saturated heterocycles. The molecule has 34 heavy (non-hydrogen) atoms. The number of carbonyl (C=O) groups is 2. The molecule has 3 aromatic rings. The number of hydrogen-bond acceptors (Lipinski definition) is 5. The van der Waals surface area contributed by atoms with Crippen molar-refractivity contribution in [3.8, 4) is 0 Å². The van der Waals surface area contributed by atoms with Gasteiger partial charge in [0.25, 0.3) is 0 Å². The van der Waals surface area contributed by atoms with Crippen molar-refractivity contribution in [2.45, 2.75) is 29.5 Å². The van der Waals surface area contributed by atoms with Crippen molar-refractivity contribution in [3.63, 3.8) is 0 Å². The predicted octanol–water partition coefficient (Wildman–Crippen LogP) is 4.56. The highest BCUT2D eigenvalue weighted by atomic mass is 32.2. The van der Waals surface area contributed by atoms with Crippen LogP contribution in [0.2, 0.25) is 0 Å². The fourth-order valence-corrected chi connectivity index (χ4v) is 10.0. The predicted molar refractivity (Wildman–Crippen MR) is 129 cm³/mol. The summed E-state index contributed by atoms with van der Waals surface area (Å²) in [5, 5.41) is 1.08. The number of amides is 2. The Morgan fingerprint density at radius 1 is 0.971 bits per heavy atom. The van der Waals surface area contributed by atoms with Crippen molar-refractivity contribution in [1.82, 2.24) is 4.98 Å². The van der Waals surface area contributed by atoms with Crippen LogP contribution >= 0.6 is 23.1 Å². The summed E-state index contributed by atoms with van der Waals surface area (Å²) in [6.45, 7) is 2.09. The molecule has 2 saturated carbocycles. The van der Waals surface area contributed by atoms with Crippen LogP contribution in [-0.4, -0.2) is 22.0 Å². The van der Waals surface area contributed by atoms with Gasteiger partial charge >= 0.3 is 4.87 Å². The van der Waals surface area contributed by atoms with Crippen LogP contribution in [0.3, 0.4) is 0 Å². The van der Waals surface area contributed by atoms with E-state index in [1.807, 2.05) is 12.1 Å². The number of aromatic amines is 1. The Morgan fingerprint density at radius 2 is 1.68 bits per heavy atom. The second kappa shape index (κ2) is 7.15. The summed E-state index contributed by atoms with van der Waals surface area (Å²) in [5.74, 6) is -1.05. The second-order valence-corrected chi connectivity index (χ2v) is 12.0. The van der Waals surface area contributed by atoms with Gasteiger partial charge < -0.3 is 4.98 Å². The zero-order chi connectivity index (χ0) is 23.3. The molecular weight excluding hydrogens is 471 g/mol. The fraction of sp³-hybridized carbons (Fsp3) is 0.346. The molecule has 0 spiro atoms. The topological polar surface area (TPSA) is 70.2 Å². The van der Waals surface area contributed by atoms with Gasteiger partial charge in [-0.3, -0.25) is 19.3 Å². The molecule has 2 aliphatic heterocycles. The van der Waals surface area contributed by atoms with Crippen molar-refractivity contribution in [3.05, 3.63) is 80.0 Å². The number of nitrogens with zero attached hydrogens (tertiary/aromatic N) is 1. The monoisotopic (exact) mass is 492 g/mol. The van der Waals surface area contributed by atoms with Gasteiger partial charge in [0.05, 0.1) is 22.5 Å². The van der Waals surface area contributed by atoms with Crippen molar-refractivity contribution in [1.29, 1.82) is 0 Å². The summed E-state index contributed by atoms with van der Waals surface area (Å²) in [7, 11) is 0. The van der Waals surface area contributed by atoms with Gasteiger partial charge in [0, 0.05) is 16.0 Å². The Kier molecular flexibility index (Phi) is 4.34. The number of imide groups is 1. The number of hydrogen-bond donors (Lipinski definition) is 1. The molecule has 8 heteroatoms. The summed E-state index contributed by atoms with van der Waals surface area (Å²) in [5.41, 5.74) is 2.82. The molecule has 1 aromatic heterocycles. The number of halogens is 1. The largest absolute Gasteiger partial charge is 0.307 e. The molecule has 7 rings (SSSR count). The molecule has 4 aliphatic rings. The van der Waals surface area contributed by atoms with Crippen molar-refractivity contribution < 1.29 is 14.0 Å². The average Bonchev–Trinajstić information content (AvgIpc) is 3.54. The Morgan fingerprint density at radius 3 is 2.41 bits per heavy atom. The van der Waals surface area contributed by atoms with Crippen molar-refractivity contribution >= 4 is 40.6 Å². The van der Waals surface area contributed by atoms with Gasteiger partial charge in [-0.15, -0.1) is 11.8 Å². The van der Waals surface area contributed by atoms with Crippen LogP contribution < -0.4 is 9.77 Å². The van der Waals surface area contributed by atoms with Crippen LogP contribution in [0.1, 0.15) is 28.3 Å². The first-order valence-electron chi connectivity index (χ1n) is 11.5. The summed E-state index contributed by atoms with van der Waals surface area (Å²) in [6.07, 6.45) is 0.855. The summed E-state index contributed by atoms with van der Waals surface area (Å²) >= 11 is 2.96. The Labute approximate surface area is 203 Å². The van der Waals surface area contributed by atoms with E-state index in [0.29, 0.717) is 5.69 Å². The van der Waals surface area contributed by atoms with Crippen LogP contribution in [0.15, 0.2) is 58.4 Å². The standard InChI is InChI=1S/C26H21FN2O3S2/c1-11-4-2-3-5-14(11)17-18-15-10-16(21(18)33-23-22(17)34-26(32)28-23)20-19(15)24(30)29(25(20)31)13-8-6-12(27)7-9-13/h2-9,15-21H,10H2,1H3,(H,28,32)/t15-,16+,17+,18+,19+,20-,21-/m1/s1. The van der Waals surface area contributed by atoms with Crippen LogP contribution in [0.25, 0.3) is 0 Å². The molecule has 3 fully saturated rings. The average molecular weight is 493 g/mol. The van der Waals surface area contributed by atoms with Gasteiger partial charge in [0.2, 0.25) is 11.8 Å². The molecule has 2 aliphatic carbocycles. The van der Waals surface area contributed by atoms with Crippen molar-refractivity contribution in [2.24, 2.45) is 29.6 Å². The van der Waals surface area contributed by atoms with Gasteiger partial charge in [0.15, 0.2) is 0 Å². The highest BCUT2D eigenvalue weighted by Gasteiger charge is 2.69. The van der Waals surface area contributed by atoms with Crippen LogP contribution in [-0.2, 0) is 9.59 Å². The first kappa shape index (κ1) is 20.6. The molecule has 172 valence electrons. The van der Waals surface area contributed by atoms with E-state index in [4.69, 9.17) is 0 Å². The number of benzene rings is 2. The maximum Gasteiger partial charge on any atom is 0.305 e. The Bertz CT molecular complexity index is 1410. The summed E-state index contributed by atoms with van der Waals surface area (Å²) < 4.78 is 13.5. The van der Waals surface area contributed by atoms with Gasteiger partial charge in [-0.25, -0.2) is 4.39 Å². The second-order valence-electron chi connectivity index (χ2n) is 9.81. The lowest BCUT2D eigenvalue weighted by molar-refractivity contribution is -0.123. The molecule has 2 bridgehead atoms. The molecule has 3 heterocycles. The minimum Gasteiger partial charge on any atom is -0.307 e. The number of thioether (sulfide) groups is 1. The van der Waals surface area contributed by atoms with E-state index in [-0.39, 0.29) is 57.4 Å². The first-order chi connectivity index (χ1) is 16.4. The van der Waals surface area contributed by atoms with Gasteiger partial charge in [-0.2, -0.15) is 0 Å². The summed E-state index contributed by atoms with van der Waals surface area (Å²) in [4.78, 5) is 44.9. The molecule has 0 radical (unpaired) electrons. The normalized spacial score (nSPS) is 33.2. The third kappa shape index (κ3) is 2.64. The number of thiazole rings is 1. The van der Waals surface area contributed by atoms with Crippen LogP contribution in [0.4, 0.5) is 10.1 Å².